The summed E-state index contributed by atoms with van der Waals surface area (Å²) in [5, 5.41) is 0. The molecular weight excluding hydrogens is 214 g/mol. The summed E-state index contributed by atoms with van der Waals surface area (Å²) in [6.45, 7) is 0.441. The Labute approximate surface area is 81.1 Å². The Bertz CT molecular complexity index is 292. The van der Waals surface area contributed by atoms with Gasteiger partial charge in [-0.2, -0.15) is 0 Å². The van der Waals surface area contributed by atoms with Crippen LogP contribution >= 0.6 is 15.9 Å². The molecule has 0 aliphatic carbocycles. The molecule has 0 aliphatic heterocycles. The second kappa shape index (κ2) is 4.97. The number of rotatable bonds is 1. The number of hydrogen-bond donors (Lipinski definition) is 1. The third-order valence-electron chi connectivity index (χ3n) is 1.43. The van der Waals surface area contributed by atoms with Gasteiger partial charge in [-0.3, -0.25) is 0 Å². The van der Waals surface area contributed by atoms with Crippen molar-refractivity contribution in [3.63, 3.8) is 0 Å². The van der Waals surface area contributed by atoms with Gasteiger partial charge in [-0.25, -0.2) is 0 Å². The molecule has 1 aromatic carbocycles. The molecule has 0 radical (unpaired) electrons. The van der Waals surface area contributed by atoms with Gasteiger partial charge in [0.1, 0.15) is 0 Å². The summed E-state index contributed by atoms with van der Waals surface area (Å²) in [6, 6.07) is 8.13. The van der Waals surface area contributed by atoms with Crippen LogP contribution in [0.2, 0.25) is 0 Å². The average molecular weight is 224 g/mol. The molecule has 0 atom stereocenters. The third-order valence-corrected chi connectivity index (χ3v) is 1.96. The largest absolute Gasteiger partial charge is 0.320 e. The van der Waals surface area contributed by atoms with Gasteiger partial charge in [0.2, 0.25) is 0 Å². The minimum absolute atomic E-state index is 0.441. The van der Waals surface area contributed by atoms with E-state index in [-0.39, 0.29) is 0 Å². The van der Waals surface area contributed by atoms with Gasteiger partial charge >= 0.3 is 0 Å². The molecule has 0 saturated carbocycles. The Morgan fingerprint density at radius 3 is 2.42 bits per heavy atom. The lowest BCUT2D eigenvalue weighted by molar-refractivity contribution is 1.27. The molecule has 0 amide bonds. The van der Waals surface area contributed by atoms with Crippen molar-refractivity contribution in [2.24, 2.45) is 5.73 Å². The van der Waals surface area contributed by atoms with Crippen LogP contribution in [0.15, 0.2) is 28.7 Å². The van der Waals surface area contributed by atoms with Gasteiger partial charge in [0.05, 0.1) is 6.54 Å². The van der Waals surface area contributed by atoms with Crippen molar-refractivity contribution >= 4 is 15.9 Å². The van der Waals surface area contributed by atoms with E-state index in [4.69, 9.17) is 5.73 Å². The monoisotopic (exact) mass is 223 g/mol. The van der Waals surface area contributed by atoms with Crippen LogP contribution in [0.4, 0.5) is 0 Å². The zero-order chi connectivity index (χ0) is 8.81. The summed E-state index contributed by atoms with van der Waals surface area (Å²) in [4.78, 5) is 0. The highest BCUT2D eigenvalue weighted by atomic mass is 79.9. The lowest BCUT2D eigenvalue weighted by Crippen LogP contribution is -1.93. The van der Waals surface area contributed by atoms with Crippen molar-refractivity contribution in [1.82, 2.24) is 0 Å². The summed E-state index contributed by atoms with van der Waals surface area (Å²) < 4.78 is 1.10. The van der Waals surface area contributed by atoms with E-state index in [1.807, 2.05) is 12.1 Å². The van der Waals surface area contributed by atoms with Crippen LogP contribution in [0.25, 0.3) is 0 Å². The van der Waals surface area contributed by atoms with Gasteiger partial charge in [0, 0.05) is 10.9 Å². The van der Waals surface area contributed by atoms with Crippen molar-refractivity contribution in [1.29, 1.82) is 0 Å². The maximum atomic E-state index is 5.24. The van der Waals surface area contributed by atoms with Gasteiger partial charge in [-0.1, -0.05) is 39.9 Å². The molecule has 2 heteroatoms. The summed E-state index contributed by atoms with van der Waals surface area (Å²) >= 11 is 3.37. The lowest BCUT2D eigenvalue weighted by atomic mass is 10.2. The molecule has 0 unspecified atom stereocenters. The van der Waals surface area contributed by atoms with E-state index in [1.54, 1.807) is 0 Å². The topological polar surface area (TPSA) is 26.0 Å². The van der Waals surface area contributed by atoms with Crippen LogP contribution in [0.1, 0.15) is 5.56 Å². The number of hydrogen-bond acceptors (Lipinski definition) is 1. The number of benzene rings is 1. The van der Waals surface area contributed by atoms with Crippen LogP contribution in [0.5, 0.6) is 0 Å². The van der Waals surface area contributed by atoms with Crippen molar-refractivity contribution in [3.05, 3.63) is 34.3 Å². The van der Waals surface area contributed by atoms with Crippen LogP contribution in [-0.2, 0) is 6.42 Å². The lowest BCUT2D eigenvalue weighted by Gasteiger charge is -1.93. The molecule has 0 fully saturated rings. The molecule has 1 nitrogen and oxygen atoms in total. The second-order valence-corrected chi connectivity index (χ2v) is 3.28. The molecular formula is C10H10BrN. The molecule has 0 aliphatic rings. The van der Waals surface area contributed by atoms with Crippen LogP contribution in [-0.4, -0.2) is 6.54 Å². The molecule has 12 heavy (non-hydrogen) atoms. The SMILES string of the molecule is NCC#CCc1ccc(Br)cc1. The smallest absolute Gasteiger partial charge is 0.0551 e. The van der Waals surface area contributed by atoms with E-state index in [0.717, 1.165) is 10.9 Å². The minimum Gasteiger partial charge on any atom is -0.320 e. The summed E-state index contributed by atoms with van der Waals surface area (Å²) in [5.41, 5.74) is 6.46. The fourth-order valence-electron chi connectivity index (χ4n) is 0.839. The van der Waals surface area contributed by atoms with Crippen molar-refractivity contribution in [2.45, 2.75) is 6.42 Å². The van der Waals surface area contributed by atoms with Crippen LogP contribution < -0.4 is 5.73 Å². The van der Waals surface area contributed by atoms with Gasteiger partial charge < -0.3 is 5.73 Å². The van der Waals surface area contributed by atoms with E-state index in [2.05, 4.69) is 39.9 Å². The van der Waals surface area contributed by atoms with Gasteiger partial charge in [0.15, 0.2) is 0 Å². The molecule has 0 spiro atoms. The Morgan fingerprint density at radius 1 is 1.17 bits per heavy atom. The van der Waals surface area contributed by atoms with Crippen molar-refractivity contribution in [3.8, 4) is 11.8 Å². The van der Waals surface area contributed by atoms with Gasteiger partial charge in [-0.15, -0.1) is 0 Å². The highest BCUT2D eigenvalue weighted by molar-refractivity contribution is 9.10. The van der Waals surface area contributed by atoms with E-state index >= 15 is 0 Å². The molecule has 0 bridgehead atoms. The Morgan fingerprint density at radius 2 is 1.83 bits per heavy atom. The first-order chi connectivity index (χ1) is 5.83. The Kier molecular flexibility index (Phi) is 3.86. The fraction of sp³-hybridized carbons (Fsp3) is 0.200. The number of nitrogens with two attached hydrogens (primary N) is 1. The predicted molar refractivity (Wildman–Crippen MR) is 54.7 cm³/mol. The molecule has 0 saturated heterocycles. The van der Waals surface area contributed by atoms with Crippen LogP contribution in [0.3, 0.4) is 0 Å². The summed E-state index contributed by atoms with van der Waals surface area (Å²) in [6.07, 6.45) is 0.782. The first kappa shape index (κ1) is 9.31. The Hall–Kier alpha value is -0.780. The molecule has 1 aromatic rings. The third kappa shape index (κ3) is 3.08. The quantitative estimate of drug-likeness (QED) is 0.725. The maximum Gasteiger partial charge on any atom is 0.0551 e. The average Bonchev–Trinajstić information content (AvgIpc) is 2.09. The van der Waals surface area contributed by atoms with Crippen molar-refractivity contribution in [2.75, 3.05) is 6.54 Å². The highest BCUT2D eigenvalue weighted by Gasteiger charge is 1.88. The fourth-order valence-corrected chi connectivity index (χ4v) is 1.10. The number of halogens is 1. The van der Waals surface area contributed by atoms with E-state index < -0.39 is 0 Å². The normalized spacial score (nSPS) is 8.83. The molecule has 0 aromatic heterocycles. The second-order valence-electron chi connectivity index (χ2n) is 2.36. The minimum atomic E-state index is 0.441. The molecule has 2 N–H and O–H groups in total. The van der Waals surface area contributed by atoms with Crippen molar-refractivity contribution < 1.29 is 0 Å². The molecule has 1 rings (SSSR count). The standard InChI is InChI=1S/C10H10BrN/c11-10-6-4-9(5-7-10)3-1-2-8-12/h4-7H,3,8,12H2. The summed E-state index contributed by atoms with van der Waals surface area (Å²) in [7, 11) is 0. The first-order valence-corrected chi connectivity index (χ1v) is 4.52. The zero-order valence-corrected chi connectivity index (χ0v) is 8.26. The van der Waals surface area contributed by atoms with Gasteiger partial charge in [-0.05, 0) is 17.7 Å². The first-order valence-electron chi connectivity index (χ1n) is 3.73. The highest BCUT2D eigenvalue weighted by Crippen LogP contribution is 2.10. The maximum absolute atomic E-state index is 5.24. The van der Waals surface area contributed by atoms with E-state index in [1.165, 1.54) is 5.56 Å². The van der Waals surface area contributed by atoms with Crippen LogP contribution in [0, 0.1) is 11.8 Å². The zero-order valence-electron chi connectivity index (χ0n) is 6.68. The summed E-state index contributed by atoms with van der Waals surface area (Å²) in [5.74, 6) is 5.81. The molecule has 0 heterocycles. The van der Waals surface area contributed by atoms with Gasteiger partial charge in [0.25, 0.3) is 0 Å². The Balaban J connectivity index is 2.59. The van der Waals surface area contributed by atoms with E-state index in [0.29, 0.717) is 6.54 Å². The molecule has 62 valence electrons. The predicted octanol–water partition coefficient (Wildman–Crippen LogP) is 1.95. The van der Waals surface area contributed by atoms with E-state index in [9.17, 15) is 0 Å².